The van der Waals surface area contributed by atoms with E-state index in [-0.39, 0.29) is 24.8 Å². The van der Waals surface area contributed by atoms with Crippen molar-refractivity contribution in [3.8, 4) is 0 Å². The van der Waals surface area contributed by atoms with E-state index in [1.54, 1.807) is 53.9 Å². The molecule has 9 heteroatoms. The van der Waals surface area contributed by atoms with Crippen LogP contribution in [0, 0.1) is 0 Å². The lowest BCUT2D eigenvalue weighted by atomic mass is 9.86. The molecule has 0 fully saturated rings. The number of para-hydroxylation sites is 1. The van der Waals surface area contributed by atoms with Crippen LogP contribution in [0.3, 0.4) is 0 Å². The summed E-state index contributed by atoms with van der Waals surface area (Å²) in [6, 6.07) is 21.9. The highest BCUT2D eigenvalue weighted by Gasteiger charge is 2.34. The van der Waals surface area contributed by atoms with Crippen LogP contribution in [0.5, 0.6) is 0 Å². The maximum atomic E-state index is 13.6. The molecule has 2 aromatic heterocycles. The lowest BCUT2D eigenvalue weighted by Gasteiger charge is -2.23. The van der Waals surface area contributed by atoms with Gasteiger partial charge in [-0.25, -0.2) is 4.98 Å². The minimum absolute atomic E-state index is 0.156. The largest absolute Gasteiger partial charge is 0.481 e. The topological polar surface area (TPSA) is 112 Å². The highest BCUT2D eigenvalue weighted by molar-refractivity contribution is 7.10. The number of nitrogens with one attached hydrogen (secondary N) is 2. The molecule has 0 bridgehead atoms. The monoisotopic (exact) mass is 526 g/mol. The van der Waals surface area contributed by atoms with Gasteiger partial charge in [0.25, 0.3) is 5.91 Å². The van der Waals surface area contributed by atoms with Gasteiger partial charge in [0, 0.05) is 34.8 Å². The second-order valence-electron chi connectivity index (χ2n) is 8.95. The Morgan fingerprint density at radius 3 is 2.53 bits per heavy atom. The van der Waals surface area contributed by atoms with E-state index in [0.29, 0.717) is 35.5 Å². The second-order valence-corrected chi connectivity index (χ2v) is 9.95. The molecule has 1 unspecified atom stereocenters. The number of pyridine rings is 1. The van der Waals surface area contributed by atoms with E-state index in [1.165, 1.54) is 4.90 Å². The van der Waals surface area contributed by atoms with Gasteiger partial charge in [-0.15, -0.1) is 11.3 Å². The summed E-state index contributed by atoms with van der Waals surface area (Å²) in [6.45, 7) is 0.788. The number of rotatable bonds is 9. The van der Waals surface area contributed by atoms with Crippen molar-refractivity contribution in [1.29, 1.82) is 0 Å². The minimum Gasteiger partial charge on any atom is -0.481 e. The molecule has 0 spiro atoms. The number of fused-ring (bicyclic) bond motifs is 2. The molecule has 3 N–H and O–H groups in total. The average molecular weight is 527 g/mol. The normalized spacial score (nSPS) is 14.3. The van der Waals surface area contributed by atoms with Gasteiger partial charge in [0.1, 0.15) is 12.4 Å². The summed E-state index contributed by atoms with van der Waals surface area (Å²) < 4.78 is 0. The van der Waals surface area contributed by atoms with E-state index in [9.17, 15) is 19.5 Å². The molecule has 2 amide bonds. The third-order valence-electron chi connectivity index (χ3n) is 6.40. The lowest BCUT2D eigenvalue weighted by molar-refractivity contribution is -0.137. The minimum atomic E-state index is -0.955. The number of aromatic nitrogens is 1. The van der Waals surface area contributed by atoms with Crippen LogP contribution in [0.1, 0.15) is 44.3 Å². The fourth-order valence-corrected chi connectivity index (χ4v) is 5.48. The smallest absolute Gasteiger partial charge is 0.304 e. The number of amides is 2. The Kier molecular flexibility index (Phi) is 7.46. The maximum absolute atomic E-state index is 13.6. The van der Waals surface area contributed by atoms with Gasteiger partial charge >= 0.3 is 5.97 Å². The Hall–Kier alpha value is -4.50. The van der Waals surface area contributed by atoms with Crippen molar-refractivity contribution in [2.75, 3.05) is 16.8 Å². The van der Waals surface area contributed by atoms with Gasteiger partial charge in [-0.3, -0.25) is 19.3 Å². The quantitative estimate of drug-likeness (QED) is 0.293. The molecule has 0 saturated carbocycles. The first kappa shape index (κ1) is 25.2. The fraction of sp³-hybridized carbons (Fsp3) is 0.172. The number of carboxylic acids is 1. The molecular formula is C29H26N4O4S. The maximum Gasteiger partial charge on any atom is 0.304 e. The van der Waals surface area contributed by atoms with Crippen LogP contribution in [0.15, 0.2) is 84.4 Å². The number of anilines is 2. The molecule has 0 saturated heterocycles. The van der Waals surface area contributed by atoms with E-state index in [0.717, 1.165) is 16.3 Å². The van der Waals surface area contributed by atoms with Crippen LogP contribution in [-0.4, -0.2) is 34.4 Å². The zero-order valence-corrected chi connectivity index (χ0v) is 21.3. The van der Waals surface area contributed by atoms with Crippen molar-refractivity contribution in [1.82, 2.24) is 10.3 Å². The molecule has 4 aromatic rings. The molecule has 0 aliphatic carbocycles. The van der Waals surface area contributed by atoms with Gasteiger partial charge in [-0.1, -0.05) is 42.5 Å². The standard InChI is InChI=1S/C29H26N4O4S/c34-27(32-16-20-13-19(18-38-20)15-31-26-11-5-6-12-30-26)17-33-25-10-4-3-8-22(25)24(14-28(35)36)21-7-1-2-9-23(21)29(33)37/h1-13,18,24H,14-17H2,(H,30,31)(H,32,34)(H,35,36). The Labute approximate surface area is 224 Å². The van der Waals surface area contributed by atoms with Crippen LogP contribution < -0.4 is 15.5 Å². The van der Waals surface area contributed by atoms with Crippen molar-refractivity contribution in [2.45, 2.75) is 25.4 Å². The van der Waals surface area contributed by atoms with Crippen molar-refractivity contribution in [3.05, 3.63) is 112 Å². The number of thiophene rings is 1. The highest BCUT2D eigenvalue weighted by Crippen LogP contribution is 2.40. The molecule has 0 radical (unpaired) electrons. The Morgan fingerprint density at radius 1 is 0.974 bits per heavy atom. The molecule has 38 heavy (non-hydrogen) atoms. The number of aliphatic carboxylic acids is 1. The first-order valence-electron chi connectivity index (χ1n) is 12.2. The van der Waals surface area contributed by atoms with Crippen LogP contribution >= 0.6 is 11.3 Å². The zero-order valence-electron chi connectivity index (χ0n) is 20.5. The highest BCUT2D eigenvalue weighted by atomic mass is 32.1. The van der Waals surface area contributed by atoms with Gasteiger partial charge in [-0.05, 0) is 52.4 Å². The van der Waals surface area contributed by atoms with Crippen LogP contribution in [0.4, 0.5) is 11.5 Å². The number of hydrogen-bond donors (Lipinski definition) is 3. The number of benzene rings is 2. The van der Waals surface area contributed by atoms with Crippen molar-refractivity contribution in [2.24, 2.45) is 0 Å². The van der Waals surface area contributed by atoms with E-state index in [2.05, 4.69) is 15.6 Å². The number of nitrogens with zero attached hydrogens (tertiary/aromatic N) is 2. The molecule has 8 nitrogen and oxygen atoms in total. The molecule has 5 rings (SSSR count). The Morgan fingerprint density at radius 2 is 1.74 bits per heavy atom. The summed E-state index contributed by atoms with van der Waals surface area (Å²) in [5, 5.41) is 17.8. The number of carboxylic acid groups (broad SMARTS) is 1. The van der Waals surface area contributed by atoms with Gasteiger partial charge in [-0.2, -0.15) is 0 Å². The molecule has 1 aliphatic rings. The average Bonchev–Trinajstić information content (AvgIpc) is 3.37. The van der Waals surface area contributed by atoms with E-state index in [4.69, 9.17) is 0 Å². The van der Waals surface area contributed by atoms with Gasteiger partial charge < -0.3 is 15.7 Å². The molecule has 192 valence electrons. The van der Waals surface area contributed by atoms with Crippen molar-refractivity contribution < 1.29 is 19.5 Å². The van der Waals surface area contributed by atoms with Crippen LogP contribution in [-0.2, 0) is 22.7 Å². The summed E-state index contributed by atoms with van der Waals surface area (Å²) in [7, 11) is 0. The predicted octanol–water partition coefficient (Wildman–Crippen LogP) is 4.64. The SMILES string of the molecule is O=C(O)CC1c2ccccc2C(=O)N(CC(=O)NCc2cc(CNc3ccccn3)cs2)c2ccccc21. The predicted molar refractivity (Wildman–Crippen MR) is 146 cm³/mol. The molecule has 1 aliphatic heterocycles. The number of carbonyl (C=O) groups is 3. The van der Waals surface area contributed by atoms with Gasteiger partial charge in [0.2, 0.25) is 5.91 Å². The first-order valence-corrected chi connectivity index (χ1v) is 13.1. The summed E-state index contributed by atoms with van der Waals surface area (Å²) >= 11 is 1.55. The Balaban J connectivity index is 1.29. The molecular weight excluding hydrogens is 500 g/mol. The summed E-state index contributed by atoms with van der Waals surface area (Å²) in [6.07, 6.45) is 1.58. The van der Waals surface area contributed by atoms with E-state index >= 15 is 0 Å². The third-order valence-corrected chi connectivity index (χ3v) is 7.39. The summed E-state index contributed by atoms with van der Waals surface area (Å²) in [5.41, 5.74) is 3.41. The van der Waals surface area contributed by atoms with Crippen molar-refractivity contribution in [3.63, 3.8) is 0 Å². The molecule has 3 heterocycles. The van der Waals surface area contributed by atoms with E-state index in [1.807, 2.05) is 41.8 Å². The summed E-state index contributed by atoms with van der Waals surface area (Å²) in [4.78, 5) is 45.0. The van der Waals surface area contributed by atoms with Crippen LogP contribution in [0.25, 0.3) is 0 Å². The fourth-order valence-electron chi connectivity index (χ4n) is 4.65. The third kappa shape index (κ3) is 5.57. The molecule has 2 aromatic carbocycles. The van der Waals surface area contributed by atoms with Gasteiger partial charge in [0.15, 0.2) is 0 Å². The first-order chi connectivity index (χ1) is 18.5. The van der Waals surface area contributed by atoms with Crippen molar-refractivity contribution >= 4 is 40.6 Å². The summed E-state index contributed by atoms with van der Waals surface area (Å²) in [5.74, 6) is -1.29. The van der Waals surface area contributed by atoms with Crippen LogP contribution in [0.2, 0.25) is 0 Å². The number of hydrogen-bond acceptors (Lipinski definition) is 6. The van der Waals surface area contributed by atoms with E-state index < -0.39 is 11.9 Å². The zero-order chi connectivity index (χ0) is 26.5. The van der Waals surface area contributed by atoms with Gasteiger partial charge in [0.05, 0.1) is 13.0 Å². The second kappa shape index (κ2) is 11.3. The molecule has 1 atom stereocenters. The number of carbonyl (C=O) groups excluding carboxylic acids is 2. The Bertz CT molecular complexity index is 1470. The lowest BCUT2D eigenvalue weighted by Crippen LogP contribution is -2.40.